The number of benzene rings is 2. The zero-order valence-electron chi connectivity index (χ0n) is 16.2. The highest BCUT2D eigenvalue weighted by molar-refractivity contribution is 7.89. The molecule has 0 aromatic heterocycles. The van der Waals surface area contributed by atoms with Gasteiger partial charge in [-0.25, -0.2) is 12.8 Å². The monoisotopic (exact) mass is 423 g/mol. The van der Waals surface area contributed by atoms with Crippen molar-refractivity contribution in [3.05, 3.63) is 59.4 Å². The molecular formula is C19H22FN3O5S. The average Bonchev–Trinajstić information content (AvgIpc) is 2.67. The lowest BCUT2D eigenvalue weighted by atomic mass is 10.1. The van der Waals surface area contributed by atoms with Crippen molar-refractivity contribution in [2.24, 2.45) is 0 Å². The van der Waals surface area contributed by atoms with Gasteiger partial charge in [0, 0.05) is 7.05 Å². The number of ether oxygens (including phenoxy) is 1. The Kier molecular flexibility index (Phi) is 7.29. The van der Waals surface area contributed by atoms with Crippen molar-refractivity contribution >= 4 is 21.8 Å². The Bertz CT molecular complexity index is 993. The van der Waals surface area contributed by atoms with Gasteiger partial charge in [0.25, 0.3) is 11.8 Å². The fourth-order valence-corrected chi connectivity index (χ4v) is 3.37. The third kappa shape index (κ3) is 6.26. The minimum absolute atomic E-state index is 0.153. The van der Waals surface area contributed by atoms with Gasteiger partial charge in [-0.3, -0.25) is 20.4 Å². The maximum absolute atomic E-state index is 12.9. The van der Waals surface area contributed by atoms with Crippen molar-refractivity contribution < 1.29 is 27.1 Å². The van der Waals surface area contributed by atoms with Crippen LogP contribution in [0.25, 0.3) is 0 Å². The average molecular weight is 423 g/mol. The summed E-state index contributed by atoms with van der Waals surface area (Å²) >= 11 is 0. The largest absolute Gasteiger partial charge is 0.484 e. The first kappa shape index (κ1) is 22.3. The van der Waals surface area contributed by atoms with Gasteiger partial charge in [-0.1, -0.05) is 6.07 Å². The molecule has 0 saturated heterocycles. The summed E-state index contributed by atoms with van der Waals surface area (Å²) in [7, 11) is -2.78. The second-order valence-electron chi connectivity index (χ2n) is 6.35. The molecule has 0 aliphatic rings. The lowest BCUT2D eigenvalue weighted by Gasteiger charge is -2.17. The van der Waals surface area contributed by atoms with E-state index in [1.165, 1.54) is 7.05 Å². The van der Waals surface area contributed by atoms with Crippen molar-refractivity contribution in [1.82, 2.24) is 15.2 Å². The SMILES string of the molecule is Cc1ccc(OCC(=O)NNC(=O)CN(C)S(=O)(=O)c2ccc(F)cc2)cc1C. The number of hydrazine groups is 1. The van der Waals surface area contributed by atoms with Crippen LogP contribution in [-0.4, -0.2) is 44.7 Å². The fraction of sp³-hybridized carbons (Fsp3) is 0.263. The summed E-state index contributed by atoms with van der Waals surface area (Å²) in [5.41, 5.74) is 6.37. The van der Waals surface area contributed by atoms with Crippen LogP contribution in [0, 0.1) is 19.7 Å². The Morgan fingerprint density at radius 1 is 1.00 bits per heavy atom. The summed E-state index contributed by atoms with van der Waals surface area (Å²) in [6.45, 7) is 3.00. The standard InChI is InChI=1S/C19H22FN3O5S/c1-13-4-7-16(10-14(13)2)28-12-19(25)22-21-18(24)11-23(3)29(26,27)17-8-5-15(20)6-9-17/h4-10H,11-12H2,1-3H3,(H,21,24)(H,22,25). The molecule has 0 aliphatic heterocycles. The van der Waals surface area contributed by atoms with E-state index in [1.54, 1.807) is 12.1 Å². The molecule has 2 aromatic carbocycles. The summed E-state index contributed by atoms with van der Waals surface area (Å²) in [5.74, 6) is -1.42. The molecule has 2 amide bonds. The van der Waals surface area contributed by atoms with Crippen molar-refractivity contribution in [1.29, 1.82) is 0 Å². The van der Waals surface area contributed by atoms with E-state index in [1.807, 2.05) is 19.9 Å². The summed E-state index contributed by atoms with van der Waals surface area (Å²) in [4.78, 5) is 23.6. The van der Waals surface area contributed by atoms with E-state index in [9.17, 15) is 22.4 Å². The van der Waals surface area contributed by atoms with Crippen LogP contribution in [0.4, 0.5) is 4.39 Å². The maximum atomic E-state index is 12.9. The molecule has 10 heteroatoms. The second kappa shape index (κ2) is 9.48. The Labute approximate surface area is 168 Å². The van der Waals surface area contributed by atoms with E-state index in [-0.39, 0.29) is 11.5 Å². The van der Waals surface area contributed by atoms with Crippen molar-refractivity contribution in [2.75, 3.05) is 20.2 Å². The normalized spacial score (nSPS) is 11.2. The van der Waals surface area contributed by atoms with Crippen LogP contribution in [0.3, 0.4) is 0 Å². The smallest absolute Gasteiger partial charge is 0.276 e. The number of rotatable bonds is 7. The molecule has 0 unspecified atom stereocenters. The molecule has 2 aromatic rings. The first-order valence-corrected chi connectivity index (χ1v) is 10.0. The van der Waals surface area contributed by atoms with E-state index < -0.39 is 34.2 Å². The topological polar surface area (TPSA) is 105 Å². The van der Waals surface area contributed by atoms with Gasteiger partial charge < -0.3 is 4.74 Å². The number of nitrogens with one attached hydrogen (secondary N) is 2. The van der Waals surface area contributed by atoms with E-state index >= 15 is 0 Å². The van der Waals surface area contributed by atoms with E-state index in [0.717, 1.165) is 39.7 Å². The summed E-state index contributed by atoms with van der Waals surface area (Å²) in [6, 6.07) is 9.60. The molecule has 0 fully saturated rings. The molecular weight excluding hydrogens is 401 g/mol. The minimum Gasteiger partial charge on any atom is -0.484 e. The third-order valence-electron chi connectivity index (χ3n) is 4.08. The molecule has 2 rings (SSSR count). The lowest BCUT2D eigenvalue weighted by Crippen LogP contribution is -2.48. The van der Waals surface area contributed by atoms with Crippen molar-refractivity contribution in [2.45, 2.75) is 18.7 Å². The van der Waals surface area contributed by atoms with E-state index in [4.69, 9.17) is 4.74 Å². The van der Waals surface area contributed by atoms with Crippen LogP contribution < -0.4 is 15.6 Å². The quantitative estimate of drug-likeness (QED) is 0.653. The fourth-order valence-electron chi connectivity index (χ4n) is 2.24. The number of nitrogens with zero attached hydrogens (tertiary/aromatic N) is 1. The predicted octanol–water partition coefficient (Wildman–Crippen LogP) is 1.29. The summed E-state index contributed by atoms with van der Waals surface area (Å²) < 4.78 is 43.8. The molecule has 0 bridgehead atoms. The van der Waals surface area contributed by atoms with E-state index in [0.29, 0.717) is 5.75 Å². The highest BCUT2D eigenvalue weighted by Crippen LogP contribution is 2.16. The number of amides is 2. The van der Waals surface area contributed by atoms with Crippen molar-refractivity contribution in [3.8, 4) is 5.75 Å². The van der Waals surface area contributed by atoms with Gasteiger partial charge in [0.05, 0.1) is 11.4 Å². The second-order valence-corrected chi connectivity index (χ2v) is 8.39. The molecule has 156 valence electrons. The van der Waals surface area contributed by atoms with Gasteiger partial charge in [-0.15, -0.1) is 0 Å². The zero-order valence-corrected chi connectivity index (χ0v) is 17.0. The van der Waals surface area contributed by atoms with Crippen LogP contribution in [-0.2, 0) is 19.6 Å². The number of carbonyl (C=O) groups excluding carboxylic acids is 2. The molecule has 0 heterocycles. The highest BCUT2D eigenvalue weighted by atomic mass is 32.2. The first-order chi connectivity index (χ1) is 13.6. The Morgan fingerprint density at radius 3 is 2.24 bits per heavy atom. The highest BCUT2D eigenvalue weighted by Gasteiger charge is 2.23. The van der Waals surface area contributed by atoms with E-state index in [2.05, 4.69) is 10.9 Å². The van der Waals surface area contributed by atoms with Crippen LogP contribution in [0.2, 0.25) is 0 Å². The van der Waals surface area contributed by atoms with Crippen LogP contribution >= 0.6 is 0 Å². The molecule has 0 saturated carbocycles. The Hall–Kier alpha value is -2.98. The summed E-state index contributed by atoms with van der Waals surface area (Å²) in [6.07, 6.45) is 0. The van der Waals surface area contributed by atoms with Crippen LogP contribution in [0.1, 0.15) is 11.1 Å². The Morgan fingerprint density at radius 2 is 1.62 bits per heavy atom. The Balaban J connectivity index is 1.81. The minimum atomic E-state index is -3.97. The number of hydrogen-bond acceptors (Lipinski definition) is 5. The maximum Gasteiger partial charge on any atom is 0.276 e. The number of carbonyl (C=O) groups is 2. The molecule has 2 N–H and O–H groups in total. The van der Waals surface area contributed by atoms with Crippen LogP contribution in [0.5, 0.6) is 5.75 Å². The molecule has 8 nitrogen and oxygen atoms in total. The number of halogens is 1. The van der Waals surface area contributed by atoms with Gasteiger partial charge in [0.15, 0.2) is 6.61 Å². The van der Waals surface area contributed by atoms with Gasteiger partial charge in [-0.2, -0.15) is 4.31 Å². The number of sulfonamides is 1. The number of likely N-dealkylation sites (N-methyl/N-ethyl adjacent to an activating group) is 1. The third-order valence-corrected chi connectivity index (χ3v) is 5.90. The lowest BCUT2D eigenvalue weighted by molar-refractivity contribution is -0.130. The zero-order chi connectivity index (χ0) is 21.6. The predicted molar refractivity (Wildman–Crippen MR) is 104 cm³/mol. The van der Waals surface area contributed by atoms with Gasteiger partial charge in [0.2, 0.25) is 10.0 Å². The molecule has 0 atom stereocenters. The molecule has 0 radical (unpaired) electrons. The first-order valence-electron chi connectivity index (χ1n) is 8.59. The summed E-state index contributed by atoms with van der Waals surface area (Å²) in [5, 5.41) is 0. The van der Waals surface area contributed by atoms with Gasteiger partial charge >= 0.3 is 0 Å². The van der Waals surface area contributed by atoms with Crippen molar-refractivity contribution in [3.63, 3.8) is 0 Å². The number of hydrogen-bond donors (Lipinski definition) is 2. The molecule has 0 aliphatic carbocycles. The van der Waals surface area contributed by atoms with Gasteiger partial charge in [0.1, 0.15) is 11.6 Å². The van der Waals surface area contributed by atoms with Gasteiger partial charge in [-0.05, 0) is 61.4 Å². The molecule has 0 spiro atoms. The molecule has 29 heavy (non-hydrogen) atoms. The van der Waals surface area contributed by atoms with Crippen LogP contribution in [0.15, 0.2) is 47.4 Å². The number of aryl methyl sites for hydroxylation is 2.